The summed E-state index contributed by atoms with van der Waals surface area (Å²) in [6.45, 7) is 2.30. The van der Waals surface area contributed by atoms with Crippen LogP contribution in [-0.2, 0) is 11.3 Å². The summed E-state index contributed by atoms with van der Waals surface area (Å²) in [4.78, 5) is 16.0. The standard InChI is InChI=1S/C28H34N4O3/c1-34-24-12-10-19(11-13-24)16-31-22-14-20(15-23(31)18-35-17-22)29-28(33)27-25-8-4-5-9-26(25)32(30-27)21-6-2-3-7-21/h4-5,8-13,20-23H,2-3,6-7,14-18H2,1H3,(H,29,33). The lowest BCUT2D eigenvalue weighted by Crippen LogP contribution is -2.60. The van der Waals surface area contributed by atoms with Crippen LogP contribution in [0.15, 0.2) is 48.5 Å². The first-order valence-corrected chi connectivity index (χ1v) is 12.9. The van der Waals surface area contributed by atoms with E-state index in [1.807, 2.05) is 30.3 Å². The van der Waals surface area contributed by atoms with Crippen molar-refractivity contribution in [2.45, 2.75) is 69.2 Å². The zero-order valence-electron chi connectivity index (χ0n) is 20.4. The third kappa shape index (κ3) is 4.43. The molecule has 7 nitrogen and oxygen atoms in total. The van der Waals surface area contributed by atoms with Crippen molar-refractivity contribution in [3.63, 3.8) is 0 Å². The third-order valence-electron chi connectivity index (χ3n) is 8.03. The molecular weight excluding hydrogens is 440 g/mol. The van der Waals surface area contributed by atoms with Crippen LogP contribution in [0.5, 0.6) is 5.75 Å². The van der Waals surface area contributed by atoms with Crippen LogP contribution in [0.1, 0.15) is 60.6 Å². The van der Waals surface area contributed by atoms with Crippen LogP contribution in [0.4, 0.5) is 0 Å². The number of nitrogens with zero attached hydrogens (tertiary/aromatic N) is 3. The Morgan fingerprint density at radius 3 is 2.46 bits per heavy atom. The van der Waals surface area contributed by atoms with Crippen molar-refractivity contribution in [2.24, 2.45) is 0 Å². The molecule has 1 amide bonds. The number of carbonyl (C=O) groups is 1. The highest BCUT2D eigenvalue weighted by Crippen LogP contribution is 2.33. The minimum absolute atomic E-state index is 0.0504. The molecule has 1 aliphatic carbocycles. The summed E-state index contributed by atoms with van der Waals surface area (Å²) in [6, 6.07) is 17.6. The third-order valence-corrected chi connectivity index (χ3v) is 8.03. The number of morpholine rings is 1. The second-order valence-corrected chi connectivity index (χ2v) is 10.3. The normalized spacial score (nSPS) is 25.1. The lowest BCUT2D eigenvalue weighted by Gasteiger charge is -2.48. The maximum Gasteiger partial charge on any atom is 0.272 e. The Kier molecular flexibility index (Phi) is 6.20. The molecule has 2 saturated heterocycles. The molecule has 35 heavy (non-hydrogen) atoms. The van der Waals surface area contributed by atoms with E-state index in [2.05, 4.69) is 33.1 Å². The number of para-hydroxylation sites is 1. The Morgan fingerprint density at radius 2 is 1.74 bits per heavy atom. The van der Waals surface area contributed by atoms with Crippen molar-refractivity contribution >= 4 is 16.8 Å². The lowest BCUT2D eigenvalue weighted by molar-refractivity contribution is -0.0843. The number of benzene rings is 2. The first-order chi connectivity index (χ1) is 17.2. The summed E-state index contributed by atoms with van der Waals surface area (Å²) in [5.41, 5.74) is 2.91. The molecule has 2 aliphatic heterocycles. The second-order valence-electron chi connectivity index (χ2n) is 10.3. The fourth-order valence-corrected chi connectivity index (χ4v) is 6.25. The summed E-state index contributed by atoms with van der Waals surface area (Å²) in [6.07, 6.45) is 6.53. The number of piperidine rings is 1. The minimum atomic E-state index is -0.0504. The average molecular weight is 475 g/mol. The molecule has 1 saturated carbocycles. The fraction of sp³-hybridized carbons (Fsp3) is 0.500. The number of ether oxygens (including phenoxy) is 2. The molecule has 1 aromatic heterocycles. The number of fused-ring (bicyclic) bond motifs is 3. The van der Waals surface area contributed by atoms with Gasteiger partial charge < -0.3 is 14.8 Å². The van der Waals surface area contributed by atoms with Crippen LogP contribution in [-0.4, -0.2) is 59.0 Å². The average Bonchev–Trinajstić information content (AvgIpc) is 3.53. The number of rotatable bonds is 6. The molecule has 6 rings (SSSR count). The molecule has 0 spiro atoms. The Hall–Kier alpha value is -2.90. The quantitative estimate of drug-likeness (QED) is 0.576. The number of methoxy groups -OCH3 is 1. The highest BCUT2D eigenvalue weighted by atomic mass is 16.5. The highest BCUT2D eigenvalue weighted by molar-refractivity contribution is 6.05. The summed E-state index contributed by atoms with van der Waals surface area (Å²) < 4.78 is 13.3. The Balaban J connectivity index is 1.17. The number of amides is 1. The topological polar surface area (TPSA) is 68.6 Å². The van der Waals surface area contributed by atoms with Crippen molar-refractivity contribution < 1.29 is 14.3 Å². The Bertz CT molecular complexity index is 1170. The van der Waals surface area contributed by atoms with E-state index in [9.17, 15) is 4.79 Å². The molecule has 2 unspecified atom stereocenters. The van der Waals surface area contributed by atoms with E-state index in [4.69, 9.17) is 14.6 Å². The van der Waals surface area contributed by atoms with E-state index < -0.39 is 0 Å². The molecule has 7 heteroatoms. The van der Waals surface area contributed by atoms with Gasteiger partial charge in [0.1, 0.15) is 5.75 Å². The first-order valence-electron chi connectivity index (χ1n) is 12.9. The molecule has 1 N–H and O–H groups in total. The van der Waals surface area contributed by atoms with Crippen molar-refractivity contribution in [2.75, 3.05) is 20.3 Å². The predicted molar refractivity (Wildman–Crippen MR) is 135 cm³/mol. The fourth-order valence-electron chi connectivity index (χ4n) is 6.25. The first kappa shape index (κ1) is 22.6. The van der Waals surface area contributed by atoms with Crippen LogP contribution in [0.2, 0.25) is 0 Å². The monoisotopic (exact) mass is 474 g/mol. The van der Waals surface area contributed by atoms with E-state index in [-0.39, 0.29) is 11.9 Å². The number of carbonyl (C=O) groups excluding carboxylic acids is 1. The summed E-state index contributed by atoms with van der Waals surface area (Å²) in [5.74, 6) is 0.826. The zero-order chi connectivity index (χ0) is 23.8. The van der Waals surface area contributed by atoms with Gasteiger partial charge in [-0.25, -0.2) is 0 Å². The molecule has 3 aromatic rings. The van der Waals surface area contributed by atoms with Gasteiger partial charge in [0.15, 0.2) is 5.69 Å². The van der Waals surface area contributed by atoms with Crippen LogP contribution >= 0.6 is 0 Å². The van der Waals surface area contributed by atoms with Crippen LogP contribution < -0.4 is 10.1 Å². The second kappa shape index (κ2) is 9.63. The number of hydrogen-bond acceptors (Lipinski definition) is 5. The maximum atomic E-state index is 13.5. The SMILES string of the molecule is COc1ccc(CN2C3COCC2CC(NC(=O)c2nn(C4CCCC4)c4ccccc24)C3)cc1. The molecule has 2 aromatic carbocycles. The molecule has 3 heterocycles. The number of nitrogens with one attached hydrogen (secondary N) is 1. The van der Waals surface area contributed by atoms with Crippen LogP contribution in [0.25, 0.3) is 10.9 Å². The van der Waals surface area contributed by atoms with E-state index in [0.717, 1.165) is 48.9 Å². The van der Waals surface area contributed by atoms with E-state index in [1.54, 1.807) is 7.11 Å². The summed E-state index contributed by atoms with van der Waals surface area (Å²) in [7, 11) is 1.69. The minimum Gasteiger partial charge on any atom is -0.497 e. The lowest BCUT2D eigenvalue weighted by atomic mass is 9.89. The van der Waals surface area contributed by atoms with Gasteiger partial charge in [-0.05, 0) is 49.4 Å². The molecule has 184 valence electrons. The van der Waals surface area contributed by atoms with Crippen molar-refractivity contribution in [3.8, 4) is 5.75 Å². The van der Waals surface area contributed by atoms with Gasteiger partial charge in [-0.1, -0.05) is 43.2 Å². The molecule has 0 radical (unpaired) electrons. The molecular formula is C28H34N4O3. The summed E-state index contributed by atoms with van der Waals surface area (Å²) in [5, 5.41) is 9.15. The molecule has 2 bridgehead atoms. The van der Waals surface area contributed by atoms with E-state index in [1.165, 1.54) is 18.4 Å². The highest BCUT2D eigenvalue weighted by Gasteiger charge is 2.39. The van der Waals surface area contributed by atoms with Gasteiger partial charge in [-0.15, -0.1) is 0 Å². The maximum absolute atomic E-state index is 13.5. The van der Waals surface area contributed by atoms with Gasteiger partial charge in [0.05, 0.1) is 31.9 Å². The van der Waals surface area contributed by atoms with Crippen molar-refractivity contribution in [3.05, 3.63) is 59.8 Å². The Labute approximate surface area is 206 Å². The van der Waals surface area contributed by atoms with Crippen molar-refractivity contribution in [1.29, 1.82) is 0 Å². The molecule has 3 fully saturated rings. The summed E-state index contributed by atoms with van der Waals surface area (Å²) >= 11 is 0. The Morgan fingerprint density at radius 1 is 1.03 bits per heavy atom. The predicted octanol–water partition coefficient (Wildman–Crippen LogP) is 4.32. The van der Waals surface area contributed by atoms with Gasteiger partial charge >= 0.3 is 0 Å². The van der Waals surface area contributed by atoms with E-state index >= 15 is 0 Å². The van der Waals surface area contributed by atoms with Gasteiger partial charge in [0.25, 0.3) is 5.91 Å². The van der Waals surface area contributed by atoms with Gasteiger partial charge in [0.2, 0.25) is 0 Å². The van der Waals surface area contributed by atoms with Crippen molar-refractivity contribution in [1.82, 2.24) is 20.0 Å². The molecule has 2 atom stereocenters. The van der Waals surface area contributed by atoms with Crippen LogP contribution in [0.3, 0.4) is 0 Å². The number of aromatic nitrogens is 2. The van der Waals surface area contributed by atoms with Gasteiger partial charge in [-0.2, -0.15) is 5.10 Å². The van der Waals surface area contributed by atoms with Crippen LogP contribution in [0, 0.1) is 0 Å². The zero-order valence-corrected chi connectivity index (χ0v) is 20.4. The van der Waals surface area contributed by atoms with Gasteiger partial charge in [-0.3, -0.25) is 14.4 Å². The largest absolute Gasteiger partial charge is 0.497 e. The van der Waals surface area contributed by atoms with Gasteiger partial charge in [0, 0.05) is 30.1 Å². The van der Waals surface area contributed by atoms with E-state index in [0.29, 0.717) is 37.0 Å². The number of hydrogen-bond donors (Lipinski definition) is 1. The molecule has 3 aliphatic rings. The smallest absolute Gasteiger partial charge is 0.272 e.